The average molecular weight is 446 g/mol. The van der Waals surface area contributed by atoms with E-state index in [9.17, 15) is 22.8 Å². The van der Waals surface area contributed by atoms with Gasteiger partial charge in [0.05, 0.1) is 18.8 Å². The van der Waals surface area contributed by atoms with Crippen LogP contribution in [0.15, 0.2) is 54.6 Å². The molecule has 2 aromatic rings. The number of ether oxygens (including phenoxy) is 3. The van der Waals surface area contributed by atoms with Gasteiger partial charge in [0.15, 0.2) is 6.61 Å². The third-order valence-electron chi connectivity index (χ3n) is 4.72. The molecule has 162 valence electrons. The Morgan fingerprint density at radius 2 is 1.77 bits per heavy atom. The Kier molecular flexibility index (Phi) is 5.51. The number of hydrogen-bond acceptors (Lipinski definition) is 8. The summed E-state index contributed by atoms with van der Waals surface area (Å²) in [5.41, 5.74) is 0.795. The van der Waals surface area contributed by atoms with E-state index in [2.05, 4.69) is 4.74 Å². The van der Waals surface area contributed by atoms with E-state index in [4.69, 9.17) is 9.47 Å². The van der Waals surface area contributed by atoms with Gasteiger partial charge in [0, 0.05) is 0 Å². The molecule has 0 unspecified atom stereocenters. The molecular weight excluding hydrogens is 428 g/mol. The summed E-state index contributed by atoms with van der Waals surface area (Å²) in [7, 11) is -4.57. The number of carbonyl (C=O) groups is 3. The van der Waals surface area contributed by atoms with E-state index in [-0.39, 0.29) is 37.7 Å². The predicted molar refractivity (Wildman–Crippen MR) is 107 cm³/mol. The van der Waals surface area contributed by atoms with Crippen LogP contribution in [0.4, 0.5) is 15.3 Å². The first-order valence-electron chi connectivity index (χ1n) is 9.32. The standard InChI is InChI=1S/C20H18N2O8S/c23-18-13-28-19(24)21(18)10-15-11-22(16-8-4-5-9-17(16)30-15)31(26,27)20(25)29-12-14-6-2-1-3-7-14/h1-9,15H,10-13H2/t15-/m0/s1. The molecule has 0 saturated carbocycles. The second kappa shape index (κ2) is 8.26. The monoisotopic (exact) mass is 446 g/mol. The fourth-order valence-corrected chi connectivity index (χ4v) is 4.39. The lowest BCUT2D eigenvalue weighted by molar-refractivity contribution is -0.126. The minimum atomic E-state index is -4.57. The first kappa shape index (κ1) is 20.7. The van der Waals surface area contributed by atoms with Crippen molar-refractivity contribution >= 4 is 33.0 Å². The lowest BCUT2D eigenvalue weighted by atomic mass is 10.2. The number of anilines is 1. The highest BCUT2D eigenvalue weighted by Gasteiger charge is 2.41. The molecule has 1 atom stereocenters. The fourth-order valence-electron chi connectivity index (χ4n) is 3.23. The number of amides is 2. The van der Waals surface area contributed by atoms with E-state index in [0.717, 1.165) is 9.21 Å². The van der Waals surface area contributed by atoms with Crippen molar-refractivity contribution < 1.29 is 37.0 Å². The molecular formula is C20H18N2O8S. The van der Waals surface area contributed by atoms with Crippen LogP contribution in [0.25, 0.3) is 0 Å². The van der Waals surface area contributed by atoms with Gasteiger partial charge in [-0.2, -0.15) is 8.42 Å². The molecule has 2 aliphatic heterocycles. The summed E-state index contributed by atoms with van der Waals surface area (Å²) in [6.07, 6.45) is -1.73. The molecule has 4 rings (SSSR count). The van der Waals surface area contributed by atoms with E-state index >= 15 is 0 Å². The van der Waals surface area contributed by atoms with Gasteiger partial charge in [-0.3, -0.25) is 9.10 Å². The third kappa shape index (κ3) is 4.17. The van der Waals surface area contributed by atoms with E-state index < -0.39 is 33.4 Å². The maximum absolute atomic E-state index is 13.0. The van der Waals surface area contributed by atoms with Crippen LogP contribution in [-0.4, -0.2) is 56.4 Å². The summed E-state index contributed by atoms with van der Waals surface area (Å²) in [6.45, 7) is -1.10. The van der Waals surface area contributed by atoms with Gasteiger partial charge >= 0.3 is 21.4 Å². The van der Waals surface area contributed by atoms with Gasteiger partial charge in [0.2, 0.25) is 0 Å². The normalized spacial score (nSPS) is 18.3. The Balaban J connectivity index is 1.55. The highest BCUT2D eigenvalue weighted by Crippen LogP contribution is 2.35. The van der Waals surface area contributed by atoms with Crippen molar-refractivity contribution in [3.8, 4) is 5.75 Å². The van der Waals surface area contributed by atoms with Crippen molar-refractivity contribution in [2.75, 3.05) is 24.0 Å². The number of carbonyl (C=O) groups excluding carboxylic acids is 3. The predicted octanol–water partition coefficient (Wildman–Crippen LogP) is 1.90. The van der Waals surface area contributed by atoms with Crippen LogP contribution in [0.1, 0.15) is 5.56 Å². The Bertz CT molecular complexity index is 1100. The number of benzene rings is 2. The van der Waals surface area contributed by atoms with E-state index in [1.807, 2.05) is 0 Å². The second-order valence-electron chi connectivity index (χ2n) is 6.83. The van der Waals surface area contributed by atoms with Crippen LogP contribution >= 0.6 is 0 Å². The molecule has 0 aromatic heterocycles. The Labute approximate surface area is 178 Å². The molecule has 1 saturated heterocycles. The quantitative estimate of drug-likeness (QED) is 0.639. The second-order valence-corrected chi connectivity index (χ2v) is 8.55. The molecule has 0 N–H and O–H groups in total. The van der Waals surface area contributed by atoms with E-state index in [0.29, 0.717) is 5.56 Å². The molecule has 0 aliphatic carbocycles. The molecule has 2 aliphatic rings. The zero-order chi connectivity index (χ0) is 22.0. The number of fused-ring (bicyclic) bond motifs is 1. The van der Waals surface area contributed by atoms with E-state index in [1.54, 1.807) is 42.5 Å². The highest BCUT2D eigenvalue weighted by atomic mass is 32.2. The molecule has 0 spiro atoms. The third-order valence-corrected chi connectivity index (χ3v) is 6.19. The maximum Gasteiger partial charge on any atom is 0.445 e. The summed E-state index contributed by atoms with van der Waals surface area (Å²) in [5.74, 6) is -0.359. The van der Waals surface area contributed by atoms with Crippen molar-refractivity contribution in [2.45, 2.75) is 12.7 Å². The molecule has 11 heteroatoms. The zero-order valence-electron chi connectivity index (χ0n) is 16.2. The van der Waals surface area contributed by atoms with Crippen molar-refractivity contribution in [1.82, 2.24) is 4.90 Å². The lowest BCUT2D eigenvalue weighted by Gasteiger charge is -2.35. The number of rotatable bonds is 5. The largest absolute Gasteiger partial charge is 0.484 e. The summed E-state index contributed by atoms with van der Waals surface area (Å²) >= 11 is 0. The first-order valence-corrected chi connectivity index (χ1v) is 10.8. The molecule has 10 nitrogen and oxygen atoms in total. The Morgan fingerprint density at radius 1 is 1.06 bits per heavy atom. The lowest BCUT2D eigenvalue weighted by Crippen LogP contribution is -2.50. The van der Waals surface area contributed by atoms with Gasteiger partial charge in [-0.1, -0.05) is 42.5 Å². The maximum atomic E-state index is 13.0. The molecule has 0 radical (unpaired) electrons. The number of imide groups is 1. The van der Waals surface area contributed by atoms with Gasteiger partial charge < -0.3 is 14.2 Å². The van der Waals surface area contributed by atoms with Crippen LogP contribution in [0, 0.1) is 0 Å². The van der Waals surface area contributed by atoms with Gasteiger partial charge in [0.25, 0.3) is 5.91 Å². The Morgan fingerprint density at radius 3 is 2.48 bits per heavy atom. The number of sulfonamides is 1. The van der Waals surface area contributed by atoms with Crippen molar-refractivity contribution in [3.63, 3.8) is 0 Å². The van der Waals surface area contributed by atoms with Gasteiger partial charge in [0.1, 0.15) is 18.5 Å². The molecule has 2 aromatic carbocycles. The summed E-state index contributed by atoms with van der Waals surface area (Å²) in [6, 6.07) is 14.9. The zero-order valence-corrected chi connectivity index (χ0v) is 17.0. The minimum Gasteiger partial charge on any atom is -0.484 e. The minimum absolute atomic E-state index is 0.158. The first-order chi connectivity index (χ1) is 14.9. The number of nitrogens with zero attached hydrogens (tertiary/aromatic N) is 2. The van der Waals surface area contributed by atoms with Crippen LogP contribution in [0.2, 0.25) is 0 Å². The van der Waals surface area contributed by atoms with Gasteiger partial charge in [-0.05, 0) is 17.7 Å². The topological polar surface area (TPSA) is 120 Å². The molecule has 2 heterocycles. The Hall–Kier alpha value is -3.60. The van der Waals surface area contributed by atoms with Gasteiger partial charge in [-0.25, -0.2) is 14.5 Å². The fraction of sp³-hybridized carbons (Fsp3) is 0.250. The van der Waals surface area contributed by atoms with Gasteiger partial charge in [-0.15, -0.1) is 0 Å². The SMILES string of the molecule is O=C1COC(=O)N1C[C@H]1CN(S(=O)(=O)C(=O)OCc2ccccc2)c2ccccc2O1. The highest BCUT2D eigenvalue weighted by molar-refractivity contribution is 8.06. The molecule has 1 fully saturated rings. The van der Waals surface area contributed by atoms with Crippen LogP contribution in [0.5, 0.6) is 5.75 Å². The number of cyclic esters (lactones) is 1. The van der Waals surface area contributed by atoms with Crippen LogP contribution < -0.4 is 9.04 Å². The molecule has 31 heavy (non-hydrogen) atoms. The summed E-state index contributed by atoms with van der Waals surface area (Å²) in [4.78, 5) is 36.9. The number of hydrogen-bond donors (Lipinski definition) is 0. The van der Waals surface area contributed by atoms with Crippen LogP contribution in [-0.2, 0) is 30.9 Å². The van der Waals surface area contributed by atoms with Crippen LogP contribution in [0.3, 0.4) is 0 Å². The van der Waals surface area contributed by atoms with Crippen molar-refractivity contribution in [1.29, 1.82) is 0 Å². The summed E-state index contributed by atoms with van der Waals surface area (Å²) in [5, 5.41) is -1.41. The average Bonchev–Trinajstić information content (AvgIpc) is 3.09. The molecule has 2 amide bonds. The van der Waals surface area contributed by atoms with Crippen molar-refractivity contribution in [2.24, 2.45) is 0 Å². The number of para-hydroxylation sites is 2. The summed E-state index contributed by atoms with van der Waals surface area (Å²) < 4.78 is 42.3. The van der Waals surface area contributed by atoms with E-state index in [1.165, 1.54) is 12.1 Å². The smallest absolute Gasteiger partial charge is 0.445 e. The molecule has 0 bridgehead atoms. The van der Waals surface area contributed by atoms with Crippen molar-refractivity contribution in [3.05, 3.63) is 60.2 Å².